The van der Waals surface area contributed by atoms with E-state index in [9.17, 15) is 4.79 Å². The van der Waals surface area contributed by atoms with Gasteiger partial charge in [0.1, 0.15) is 11.5 Å². The minimum absolute atomic E-state index is 0.0180. The zero-order valence-corrected chi connectivity index (χ0v) is 16.2. The molecule has 3 rings (SSSR count). The number of carbonyl (C=O) groups is 1. The standard InChI is InChI=1S/C19H26N4O4/c1-12(2)18-21-19(27-22-18)16-6-5-7-23(16)11-17(24)20-13-8-14(25-3)10-15(9-13)26-4/h8-10,12,16H,5-7,11H2,1-4H3,(H,20,24)/t16-/m0/s1. The molecule has 2 heterocycles. The molecule has 1 aromatic heterocycles. The van der Waals surface area contributed by atoms with E-state index >= 15 is 0 Å². The van der Waals surface area contributed by atoms with Gasteiger partial charge < -0.3 is 19.3 Å². The summed E-state index contributed by atoms with van der Waals surface area (Å²) >= 11 is 0. The zero-order valence-electron chi connectivity index (χ0n) is 16.2. The summed E-state index contributed by atoms with van der Waals surface area (Å²) in [5, 5.41) is 6.95. The Kier molecular flexibility index (Phi) is 5.95. The fourth-order valence-corrected chi connectivity index (χ4v) is 3.18. The Labute approximate surface area is 158 Å². The van der Waals surface area contributed by atoms with Gasteiger partial charge in [-0.3, -0.25) is 9.69 Å². The normalized spacial score (nSPS) is 17.3. The molecule has 0 aliphatic carbocycles. The number of amides is 1. The predicted molar refractivity (Wildman–Crippen MR) is 100 cm³/mol. The molecule has 0 bridgehead atoms. The van der Waals surface area contributed by atoms with Gasteiger partial charge in [-0.2, -0.15) is 4.98 Å². The van der Waals surface area contributed by atoms with Crippen molar-refractivity contribution in [2.45, 2.75) is 38.6 Å². The van der Waals surface area contributed by atoms with E-state index < -0.39 is 0 Å². The highest BCUT2D eigenvalue weighted by Crippen LogP contribution is 2.31. The van der Waals surface area contributed by atoms with Crippen LogP contribution >= 0.6 is 0 Å². The summed E-state index contributed by atoms with van der Waals surface area (Å²) in [6, 6.07) is 5.26. The first-order valence-electron chi connectivity index (χ1n) is 9.10. The number of aromatic nitrogens is 2. The molecule has 8 heteroatoms. The Morgan fingerprint density at radius 1 is 1.30 bits per heavy atom. The number of benzene rings is 1. The number of rotatable bonds is 7. The van der Waals surface area contributed by atoms with Gasteiger partial charge in [-0.1, -0.05) is 19.0 Å². The van der Waals surface area contributed by atoms with Gasteiger partial charge in [0.25, 0.3) is 0 Å². The molecular formula is C19H26N4O4. The van der Waals surface area contributed by atoms with Crippen LogP contribution in [0.4, 0.5) is 5.69 Å². The van der Waals surface area contributed by atoms with Gasteiger partial charge in [0.05, 0.1) is 26.8 Å². The van der Waals surface area contributed by atoms with E-state index in [1.807, 2.05) is 13.8 Å². The molecule has 1 aliphatic rings. The fourth-order valence-electron chi connectivity index (χ4n) is 3.18. The van der Waals surface area contributed by atoms with Crippen molar-refractivity contribution in [2.75, 3.05) is 32.6 Å². The van der Waals surface area contributed by atoms with Gasteiger partial charge in [0.2, 0.25) is 11.8 Å². The molecule has 146 valence electrons. The van der Waals surface area contributed by atoms with E-state index in [1.165, 1.54) is 0 Å². The molecule has 1 amide bonds. The Morgan fingerprint density at radius 2 is 2.00 bits per heavy atom. The topological polar surface area (TPSA) is 89.7 Å². The van der Waals surface area contributed by atoms with E-state index in [1.54, 1.807) is 32.4 Å². The highest BCUT2D eigenvalue weighted by Gasteiger charge is 2.32. The van der Waals surface area contributed by atoms with Gasteiger partial charge in [0.15, 0.2) is 5.82 Å². The summed E-state index contributed by atoms with van der Waals surface area (Å²) in [7, 11) is 3.15. The molecular weight excluding hydrogens is 348 g/mol. The molecule has 2 aromatic rings. The van der Waals surface area contributed by atoms with Crippen molar-refractivity contribution in [3.05, 3.63) is 29.9 Å². The lowest BCUT2D eigenvalue weighted by Crippen LogP contribution is -2.33. The molecule has 1 saturated heterocycles. The quantitative estimate of drug-likeness (QED) is 0.797. The van der Waals surface area contributed by atoms with Crippen LogP contribution in [-0.4, -0.2) is 48.3 Å². The summed E-state index contributed by atoms with van der Waals surface area (Å²) in [6.07, 6.45) is 1.89. The van der Waals surface area contributed by atoms with Crippen LogP contribution in [0, 0.1) is 0 Å². The monoisotopic (exact) mass is 374 g/mol. The SMILES string of the molecule is COc1cc(NC(=O)CN2CCC[C@H]2c2nc(C(C)C)no2)cc(OC)c1. The molecule has 0 radical (unpaired) electrons. The van der Waals surface area contributed by atoms with Crippen molar-refractivity contribution in [3.8, 4) is 11.5 Å². The van der Waals surface area contributed by atoms with Gasteiger partial charge in [-0.15, -0.1) is 0 Å². The summed E-state index contributed by atoms with van der Waals surface area (Å²) < 4.78 is 15.9. The summed E-state index contributed by atoms with van der Waals surface area (Å²) in [4.78, 5) is 19.1. The predicted octanol–water partition coefficient (Wildman–Crippen LogP) is 2.99. The Balaban J connectivity index is 1.66. The number of nitrogens with one attached hydrogen (secondary N) is 1. The molecule has 1 aromatic carbocycles. The Bertz CT molecular complexity index is 768. The Hall–Kier alpha value is -2.61. The summed E-state index contributed by atoms with van der Waals surface area (Å²) in [6.45, 7) is 5.12. The number of methoxy groups -OCH3 is 2. The average Bonchev–Trinajstić information content (AvgIpc) is 3.30. The minimum Gasteiger partial charge on any atom is -0.497 e. The largest absolute Gasteiger partial charge is 0.497 e. The van der Waals surface area contributed by atoms with Crippen LogP contribution in [0.2, 0.25) is 0 Å². The van der Waals surface area contributed by atoms with Crippen LogP contribution in [0.1, 0.15) is 50.4 Å². The highest BCUT2D eigenvalue weighted by atomic mass is 16.5. The second-order valence-electron chi connectivity index (χ2n) is 6.92. The van der Waals surface area contributed by atoms with Crippen molar-refractivity contribution in [1.82, 2.24) is 15.0 Å². The first kappa shape index (κ1) is 19.2. The maximum absolute atomic E-state index is 12.6. The number of nitrogens with zero attached hydrogens (tertiary/aromatic N) is 3. The molecule has 1 aliphatic heterocycles. The summed E-state index contributed by atoms with van der Waals surface area (Å²) in [5.74, 6) is 2.63. The Morgan fingerprint density at radius 3 is 2.59 bits per heavy atom. The first-order chi connectivity index (χ1) is 13.0. The van der Waals surface area contributed by atoms with Crippen LogP contribution < -0.4 is 14.8 Å². The molecule has 27 heavy (non-hydrogen) atoms. The van der Waals surface area contributed by atoms with Crippen LogP contribution in [-0.2, 0) is 4.79 Å². The van der Waals surface area contributed by atoms with Crippen LogP contribution in [0.15, 0.2) is 22.7 Å². The van der Waals surface area contributed by atoms with Crippen molar-refractivity contribution >= 4 is 11.6 Å². The highest BCUT2D eigenvalue weighted by molar-refractivity contribution is 5.92. The lowest BCUT2D eigenvalue weighted by molar-refractivity contribution is -0.117. The van der Waals surface area contributed by atoms with Crippen LogP contribution in [0.5, 0.6) is 11.5 Å². The van der Waals surface area contributed by atoms with Crippen molar-refractivity contribution in [1.29, 1.82) is 0 Å². The molecule has 1 atom stereocenters. The van der Waals surface area contributed by atoms with Crippen LogP contribution in [0.3, 0.4) is 0 Å². The molecule has 0 spiro atoms. The zero-order chi connectivity index (χ0) is 19.4. The number of hydrogen-bond acceptors (Lipinski definition) is 7. The number of anilines is 1. The number of likely N-dealkylation sites (tertiary alicyclic amines) is 1. The lowest BCUT2D eigenvalue weighted by atomic mass is 10.2. The van der Waals surface area contributed by atoms with Crippen molar-refractivity contribution in [3.63, 3.8) is 0 Å². The molecule has 0 saturated carbocycles. The molecule has 1 N–H and O–H groups in total. The van der Waals surface area contributed by atoms with E-state index in [-0.39, 0.29) is 24.4 Å². The van der Waals surface area contributed by atoms with Gasteiger partial charge in [-0.05, 0) is 19.4 Å². The smallest absolute Gasteiger partial charge is 0.244 e. The second-order valence-corrected chi connectivity index (χ2v) is 6.92. The third-order valence-electron chi connectivity index (χ3n) is 4.60. The molecule has 0 unspecified atom stereocenters. The lowest BCUT2D eigenvalue weighted by Gasteiger charge is -2.21. The van der Waals surface area contributed by atoms with Gasteiger partial charge in [0, 0.05) is 29.8 Å². The minimum atomic E-state index is -0.110. The van der Waals surface area contributed by atoms with Gasteiger partial charge in [-0.25, -0.2) is 0 Å². The first-order valence-corrected chi connectivity index (χ1v) is 9.10. The van der Waals surface area contributed by atoms with Crippen molar-refractivity contribution in [2.24, 2.45) is 0 Å². The van der Waals surface area contributed by atoms with Crippen molar-refractivity contribution < 1.29 is 18.8 Å². The van der Waals surface area contributed by atoms with E-state index in [2.05, 4.69) is 20.4 Å². The van der Waals surface area contributed by atoms with E-state index in [0.717, 1.165) is 19.4 Å². The second kappa shape index (κ2) is 8.39. The number of hydrogen-bond donors (Lipinski definition) is 1. The van der Waals surface area contributed by atoms with E-state index in [0.29, 0.717) is 28.9 Å². The molecule has 8 nitrogen and oxygen atoms in total. The third kappa shape index (κ3) is 4.57. The number of carbonyl (C=O) groups excluding carboxylic acids is 1. The maximum atomic E-state index is 12.6. The molecule has 1 fully saturated rings. The summed E-state index contributed by atoms with van der Waals surface area (Å²) in [5.41, 5.74) is 0.631. The van der Waals surface area contributed by atoms with Crippen LogP contribution in [0.25, 0.3) is 0 Å². The fraction of sp³-hybridized carbons (Fsp3) is 0.526. The van der Waals surface area contributed by atoms with E-state index in [4.69, 9.17) is 14.0 Å². The third-order valence-corrected chi connectivity index (χ3v) is 4.60. The maximum Gasteiger partial charge on any atom is 0.244 e. The van der Waals surface area contributed by atoms with Gasteiger partial charge >= 0.3 is 0 Å². The average molecular weight is 374 g/mol. The number of ether oxygens (including phenoxy) is 2.